The van der Waals surface area contributed by atoms with E-state index in [9.17, 15) is 9.59 Å². The fraction of sp³-hybridized carbons (Fsp3) is 0.261. The van der Waals surface area contributed by atoms with E-state index < -0.39 is 0 Å². The third kappa shape index (κ3) is 5.45. The van der Waals surface area contributed by atoms with Gasteiger partial charge in [-0.15, -0.1) is 0 Å². The van der Waals surface area contributed by atoms with Crippen LogP contribution in [0.3, 0.4) is 0 Å². The largest absolute Gasteiger partial charge is 0.493 e. The standard InChI is InChI=1S/C23H24N2O4S2/c1-14(2)16-7-5-6-8-17(16)24-21(26)13-29-18-10-9-15(11-19(18)28-4)12-20-22(27)25(3)23(30)31-20/h5-12,14H,13H2,1-4H3,(H,24,26)/b20-12+. The number of ether oxygens (including phenoxy) is 2. The molecule has 8 heteroatoms. The second kappa shape index (κ2) is 9.98. The van der Waals surface area contributed by atoms with Gasteiger partial charge in [-0.3, -0.25) is 14.5 Å². The first-order chi connectivity index (χ1) is 14.8. The van der Waals surface area contributed by atoms with Gasteiger partial charge in [0, 0.05) is 12.7 Å². The lowest BCUT2D eigenvalue weighted by atomic mass is 10.0. The van der Waals surface area contributed by atoms with E-state index in [4.69, 9.17) is 21.7 Å². The van der Waals surface area contributed by atoms with Crippen LogP contribution in [0.4, 0.5) is 5.69 Å². The zero-order valence-corrected chi connectivity index (χ0v) is 19.4. The zero-order valence-electron chi connectivity index (χ0n) is 17.8. The fourth-order valence-electron chi connectivity index (χ4n) is 3.03. The summed E-state index contributed by atoms with van der Waals surface area (Å²) < 4.78 is 11.6. The highest BCUT2D eigenvalue weighted by Crippen LogP contribution is 2.34. The molecule has 0 aromatic heterocycles. The van der Waals surface area contributed by atoms with Crippen LogP contribution in [0.2, 0.25) is 0 Å². The van der Waals surface area contributed by atoms with E-state index >= 15 is 0 Å². The topological polar surface area (TPSA) is 67.9 Å². The van der Waals surface area contributed by atoms with Crippen molar-refractivity contribution in [2.45, 2.75) is 19.8 Å². The maximum absolute atomic E-state index is 12.4. The van der Waals surface area contributed by atoms with E-state index in [-0.39, 0.29) is 18.4 Å². The van der Waals surface area contributed by atoms with Crippen molar-refractivity contribution in [3.8, 4) is 11.5 Å². The van der Waals surface area contributed by atoms with Crippen LogP contribution in [0, 0.1) is 0 Å². The van der Waals surface area contributed by atoms with Gasteiger partial charge in [-0.05, 0) is 41.3 Å². The van der Waals surface area contributed by atoms with Crippen molar-refractivity contribution in [2.24, 2.45) is 0 Å². The Hall–Kier alpha value is -2.84. The number of thioether (sulfide) groups is 1. The number of para-hydroxylation sites is 1. The smallest absolute Gasteiger partial charge is 0.265 e. The molecule has 0 atom stereocenters. The minimum atomic E-state index is -0.258. The molecule has 0 aliphatic carbocycles. The van der Waals surface area contributed by atoms with Gasteiger partial charge >= 0.3 is 0 Å². The normalized spacial score (nSPS) is 15.0. The Kier molecular flexibility index (Phi) is 7.35. The average Bonchev–Trinajstić information content (AvgIpc) is 2.99. The minimum Gasteiger partial charge on any atom is -0.493 e. The molecule has 0 unspecified atom stereocenters. The van der Waals surface area contributed by atoms with Gasteiger partial charge in [-0.1, -0.05) is 62.1 Å². The van der Waals surface area contributed by atoms with Crippen molar-refractivity contribution in [2.75, 3.05) is 26.1 Å². The molecule has 2 amide bonds. The summed E-state index contributed by atoms with van der Waals surface area (Å²) in [4.78, 5) is 26.6. The number of rotatable bonds is 7. The van der Waals surface area contributed by atoms with Crippen molar-refractivity contribution >= 4 is 51.9 Å². The summed E-state index contributed by atoms with van der Waals surface area (Å²) in [7, 11) is 3.18. The van der Waals surface area contributed by atoms with Crippen LogP contribution < -0.4 is 14.8 Å². The lowest BCUT2D eigenvalue weighted by Crippen LogP contribution is -2.22. The van der Waals surface area contributed by atoms with Crippen molar-refractivity contribution in [1.82, 2.24) is 4.90 Å². The summed E-state index contributed by atoms with van der Waals surface area (Å²) >= 11 is 6.41. The van der Waals surface area contributed by atoms with Crippen molar-refractivity contribution in [1.29, 1.82) is 0 Å². The highest BCUT2D eigenvalue weighted by atomic mass is 32.2. The quantitative estimate of drug-likeness (QED) is 0.483. The number of hydrogen-bond donors (Lipinski definition) is 1. The molecule has 3 rings (SSSR count). The number of carbonyl (C=O) groups is 2. The third-order valence-electron chi connectivity index (χ3n) is 4.69. The molecule has 0 bridgehead atoms. The molecule has 0 radical (unpaired) electrons. The molecular formula is C23H24N2O4S2. The number of carbonyl (C=O) groups excluding carboxylic acids is 2. The van der Waals surface area contributed by atoms with Crippen LogP contribution in [0.15, 0.2) is 47.4 Å². The van der Waals surface area contributed by atoms with E-state index in [1.807, 2.05) is 24.3 Å². The monoisotopic (exact) mass is 456 g/mol. The SMILES string of the molecule is COc1cc(/C=C2/SC(=S)N(C)C2=O)ccc1OCC(=O)Nc1ccccc1C(C)C. The highest BCUT2D eigenvalue weighted by molar-refractivity contribution is 8.26. The first kappa shape index (κ1) is 22.8. The highest BCUT2D eigenvalue weighted by Gasteiger charge is 2.28. The second-order valence-electron chi connectivity index (χ2n) is 7.23. The predicted octanol–water partition coefficient (Wildman–Crippen LogP) is 4.67. The molecule has 1 heterocycles. The number of anilines is 1. The molecule has 1 fully saturated rings. The van der Waals surface area contributed by atoms with Gasteiger partial charge in [0.1, 0.15) is 4.32 Å². The number of nitrogens with one attached hydrogen (secondary N) is 1. The molecule has 1 saturated heterocycles. The van der Waals surface area contributed by atoms with Gasteiger partial charge in [0.05, 0.1) is 12.0 Å². The number of nitrogens with zero attached hydrogens (tertiary/aromatic N) is 1. The Morgan fingerprint density at radius 3 is 2.61 bits per heavy atom. The molecule has 2 aromatic rings. The molecule has 162 valence electrons. The van der Waals surface area contributed by atoms with E-state index in [2.05, 4.69) is 19.2 Å². The van der Waals surface area contributed by atoms with Gasteiger partial charge in [0.2, 0.25) is 0 Å². The van der Waals surface area contributed by atoms with Crippen LogP contribution >= 0.6 is 24.0 Å². The molecular weight excluding hydrogens is 432 g/mol. The average molecular weight is 457 g/mol. The summed E-state index contributed by atoms with van der Waals surface area (Å²) in [6, 6.07) is 13.0. The van der Waals surface area contributed by atoms with Crippen molar-refractivity contribution < 1.29 is 19.1 Å². The van der Waals surface area contributed by atoms with Crippen molar-refractivity contribution in [3.63, 3.8) is 0 Å². The predicted molar refractivity (Wildman–Crippen MR) is 129 cm³/mol. The number of thiocarbonyl (C=S) groups is 1. The number of benzene rings is 2. The van der Waals surface area contributed by atoms with E-state index in [0.29, 0.717) is 26.6 Å². The van der Waals surface area contributed by atoms with E-state index in [1.54, 1.807) is 31.3 Å². The number of methoxy groups -OCH3 is 1. The molecule has 0 saturated carbocycles. The van der Waals surface area contributed by atoms with Crippen molar-refractivity contribution in [3.05, 3.63) is 58.5 Å². The molecule has 1 aliphatic heterocycles. The van der Waals surface area contributed by atoms with Crippen LogP contribution in [0.1, 0.15) is 30.9 Å². The van der Waals surface area contributed by atoms with Gasteiger partial charge in [0.15, 0.2) is 18.1 Å². The number of likely N-dealkylation sites (N-methyl/N-ethyl adjacent to an activating group) is 1. The van der Waals surface area contributed by atoms with E-state index in [0.717, 1.165) is 16.8 Å². The lowest BCUT2D eigenvalue weighted by Gasteiger charge is -2.15. The summed E-state index contributed by atoms with van der Waals surface area (Å²) in [5, 5.41) is 2.90. The Morgan fingerprint density at radius 2 is 1.97 bits per heavy atom. The Balaban J connectivity index is 1.68. The van der Waals surface area contributed by atoms with Crippen LogP contribution in [0.5, 0.6) is 11.5 Å². The Bertz CT molecular complexity index is 1050. The summed E-state index contributed by atoms with van der Waals surface area (Å²) in [6.07, 6.45) is 1.75. The summed E-state index contributed by atoms with van der Waals surface area (Å²) in [6.45, 7) is 4.00. The first-order valence-corrected chi connectivity index (χ1v) is 10.9. The first-order valence-electron chi connectivity index (χ1n) is 9.71. The minimum absolute atomic E-state index is 0.132. The van der Waals surface area contributed by atoms with Crippen LogP contribution in [-0.2, 0) is 9.59 Å². The van der Waals surface area contributed by atoms with Gasteiger partial charge in [-0.2, -0.15) is 0 Å². The summed E-state index contributed by atoms with van der Waals surface area (Å²) in [5.74, 6) is 0.808. The maximum Gasteiger partial charge on any atom is 0.265 e. The van der Waals surface area contributed by atoms with Gasteiger partial charge < -0.3 is 14.8 Å². The molecule has 31 heavy (non-hydrogen) atoms. The maximum atomic E-state index is 12.4. The Labute approximate surface area is 191 Å². The van der Waals surface area contributed by atoms with Crippen LogP contribution in [-0.4, -0.2) is 41.8 Å². The Morgan fingerprint density at radius 1 is 1.23 bits per heavy atom. The molecule has 2 aromatic carbocycles. The molecule has 6 nitrogen and oxygen atoms in total. The fourth-order valence-corrected chi connectivity index (χ4v) is 4.21. The zero-order chi connectivity index (χ0) is 22.5. The van der Waals surface area contributed by atoms with Gasteiger partial charge in [0.25, 0.3) is 11.8 Å². The third-order valence-corrected chi connectivity index (χ3v) is 6.17. The lowest BCUT2D eigenvalue weighted by molar-refractivity contribution is -0.121. The second-order valence-corrected chi connectivity index (χ2v) is 8.91. The van der Waals surface area contributed by atoms with E-state index in [1.165, 1.54) is 23.8 Å². The van der Waals surface area contributed by atoms with Crippen LogP contribution in [0.25, 0.3) is 6.08 Å². The molecule has 0 spiro atoms. The number of amides is 2. The number of hydrogen-bond acceptors (Lipinski definition) is 6. The summed E-state index contributed by atoms with van der Waals surface area (Å²) in [5.41, 5.74) is 2.62. The van der Waals surface area contributed by atoms with Gasteiger partial charge in [-0.25, -0.2) is 0 Å². The molecule has 1 aliphatic rings. The molecule has 1 N–H and O–H groups in total.